The van der Waals surface area contributed by atoms with Crippen molar-refractivity contribution in [1.29, 1.82) is 0 Å². The Balaban J connectivity index is 1.52. The van der Waals surface area contributed by atoms with Crippen LogP contribution in [0.25, 0.3) is 0 Å². The average Bonchev–Trinajstić information content (AvgIpc) is 2.81. The van der Waals surface area contributed by atoms with Crippen molar-refractivity contribution >= 4 is 6.16 Å². The van der Waals surface area contributed by atoms with E-state index in [1.165, 1.54) is 83.5 Å². The summed E-state index contributed by atoms with van der Waals surface area (Å²) in [7, 11) is 0. The maximum atomic E-state index is 12.1. The lowest BCUT2D eigenvalue weighted by Gasteiger charge is -2.10. The summed E-state index contributed by atoms with van der Waals surface area (Å²) in [5.74, 6) is 1.09. The summed E-state index contributed by atoms with van der Waals surface area (Å²) in [6.45, 7) is 2.28. The fourth-order valence-corrected chi connectivity index (χ4v) is 4.02. The van der Waals surface area contributed by atoms with Crippen LogP contribution in [0.2, 0.25) is 0 Å². The van der Waals surface area contributed by atoms with Crippen LogP contribution in [0.3, 0.4) is 0 Å². The first-order chi connectivity index (χ1) is 15.8. The van der Waals surface area contributed by atoms with Crippen molar-refractivity contribution in [2.75, 3.05) is 0 Å². The first-order valence-electron chi connectivity index (χ1n) is 12.8. The van der Waals surface area contributed by atoms with Gasteiger partial charge in [0, 0.05) is 0 Å². The van der Waals surface area contributed by atoms with Gasteiger partial charge >= 0.3 is 6.16 Å². The molecule has 0 aromatic heterocycles. The first kappa shape index (κ1) is 26.0. The number of hydrogen-bond acceptors (Lipinski definition) is 3. The second-order valence-corrected chi connectivity index (χ2v) is 8.72. The fraction of sp³-hybridized carbons (Fsp3) is 0.552. The first-order valence-corrected chi connectivity index (χ1v) is 12.8. The van der Waals surface area contributed by atoms with Crippen LogP contribution in [-0.2, 0) is 6.42 Å². The Kier molecular flexibility index (Phi) is 14.0. The third kappa shape index (κ3) is 11.9. The Hall–Kier alpha value is -2.29. The lowest BCUT2D eigenvalue weighted by atomic mass is 10.0. The molecule has 0 aliphatic heterocycles. The number of para-hydroxylation sites is 2. The minimum Gasteiger partial charge on any atom is -0.395 e. The molecule has 0 aliphatic rings. The summed E-state index contributed by atoms with van der Waals surface area (Å²) in [6.07, 6.45) is 19.2. The van der Waals surface area contributed by atoms with Gasteiger partial charge in [0.15, 0.2) is 0 Å². The third-order valence-corrected chi connectivity index (χ3v) is 5.91. The van der Waals surface area contributed by atoms with Gasteiger partial charge in [0.05, 0.1) is 0 Å². The largest absolute Gasteiger partial charge is 0.519 e. The highest BCUT2D eigenvalue weighted by Crippen LogP contribution is 2.22. The number of ether oxygens (including phenoxy) is 2. The predicted molar refractivity (Wildman–Crippen MR) is 134 cm³/mol. The molecular weight excluding hydrogens is 396 g/mol. The molecule has 0 aliphatic carbocycles. The van der Waals surface area contributed by atoms with E-state index >= 15 is 0 Å². The van der Waals surface area contributed by atoms with Crippen LogP contribution in [0.1, 0.15) is 102 Å². The molecule has 0 bridgehead atoms. The van der Waals surface area contributed by atoms with Gasteiger partial charge in [-0.05, 0) is 36.6 Å². The van der Waals surface area contributed by atoms with Crippen molar-refractivity contribution in [2.24, 2.45) is 0 Å². The van der Waals surface area contributed by atoms with Gasteiger partial charge in [0.2, 0.25) is 0 Å². The molecule has 0 fully saturated rings. The van der Waals surface area contributed by atoms with Crippen LogP contribution in [0, 0.1) is 0 Å². The number of carbonyl (C=O) groups excluding carboxylic acids is 1. The van der Waals surface area contributed by atoms with Crippen molar-refractivity contribution < 1.29 is 14.3 Å². The molecule has 0 N–H and O–H groups in total. The van der Waals surface area contributed by atoms with E-state index in [-0.39, 0.29) is 0 Å². The molecule has 0 radical (unpaired) electrons. The summed E-state index contributed by atoms with van der Waals surface area (Å²) < 4.78 is 10.7. The topological polar surface area (TPSA) is 35.5 Å². The third-order valence-electron chi connectivity index (χ3n) is 5.91. The van der Waals surface area contributed by atoms with Crippen molar-refractivity contribution in [1.82, 2.24) is 0 Å². The molecule has 0 heterocycles. The zero-order valence-corrected chi connectivity index (χ0v) is 20.0. The van der Waals surface area contributed by atoms with Crippen LogP contribution in [0.4, 0.5) is 4.79 Å². The monoisotopic (exact) mass is 438 g/mol. The zero-order valence-electron chi connectivity index (χ0n) is 20.0. The number of hydrogen-bond donors (Lipinski definition) is 0. The van der Waals surface area contributed by atoms with E-state index in [1.807, 2.05) is 42.5 Å². The molecule has 0 unspecified atom stereocenters. The highest BCUT2D eigenvalue weighted by molar-refractivity contribution is 5.67. The molecule has 2 aromatic carbocycles. The highest BCUT2D eigenvalue weighted by Gasteiger charge is 2.11. The Morgan fingerprint density at radius 1 is 0.594 bits per heavy atom. The van der Waals surface area contributed by atoms with E-state index in [1.54, 1.807) is 12.1 Å². The molecule has 32 heavy (non-hydrogen) atoms. The molecule has 0 saturated heterocycles. The van der Waals surface area contributed by atoms with Gasteiger partial charge in [-0.3, -0.25) is 0 Å². The molecule has 0 atom stereocenters. The maximum Gasteiger partial charge on any atom is 0.519 e. The van der Waals surface area contributed by atoms with Crippen LogP contribution in [0.15, 0.2) is 54.6 Å². The maximum absolute atomic E-state index is 12.1. The Morgan fingerprint density at radius 2 is 1.09 bits per heavy atom. The van der Waals surface area contributed by atoms with Gasteiger partial charge < -0.3 is 9.47 Å². The Labute approximate surface area is 195 Å². The van der Waals surface area contributed by atoms with Gasteiger partial charge in [-0.1, -0.05) is 127 Å². The summed E-state index contributed by atoms with van der Waals surface area (Å²) >= 11 is 0. The number of rotatable bonds is 17. The number of aryl methyl sites for hydroxylation is 1. The minimum atomic E-state index is -0.690. The molecule has 0 spiro atoms. The fourth-order valence-electron chi connectivity index (χ4n) is 4.02. The molecular formula is C29H42O3. The van der Waals surface area contributed by atoms with Gasteiger partial charge in [0.1, 0.15) is 11.5 Å². The van der Waals surface area contributed by atoms with Crippen molar-refractivity contribution in [3.05, 3.63) is 60.2 Å². The normalized spacial score (nSPS) is 10.8. The zero-order chi connectivity index (χ0) is 22.7. The molecule has 3 heteroatoms. The van der Waals surface area contributed by atoms with Crippen molar-refractivity contribution in [2.45, 2.75) is 103 Å². The van der Waals surface area contributed by atoms with E-state index in [9.17, 15) is 4.79 Å². The SMILES string of the molecule is CCCCCCCCCCCCCCCCc1ccccc1OC(=O)Oc1ccccc1. The van der Waals surface area contributed by atoms with E-state index in [0.29, 0.717) is 11.5 Å². The number of carbonyl (C=O) groups is 1. The average molecular weight is 439 g/mol. The summed E-state index contributed by atoms with van der Waals surface area (Å²) in [4.78, 5) is 12.1. The van der Waals surface area contributed by atoms with Crippen molar-refractivity contribution in [3.63, 3.8) is 0 Å². The summed E-state index contributed by atoms with van der Waals surface area (Å²) in [5, 5.41) is 0. The van der Waals surface area contributed by atoms with Gasteiger partial charge in [-0.15, -0.1) is 0 Å². The van der Waals surface area contributed by atoms with Gasteiger partial charge in [-0.2, -0.15) is 0 Å². The summed E-state index contributed by atoms with van der Waals surface area (Å²) in [6, 6.07) is 16.8. The minimum absolute atomic E-state index is 0.488. The smallest absolute Gasteiger partial charge is 0.395 e. The molecule has 0 saturated carbocycles. The highest BCUT2D eigenvalue weighted by atomic mass is 16.7. The molecule has 0 amide bonds. The molecule has 2 aromatic rings. The van der Waals surface area contributed by atoms with Crippen LogP contribution in [-0.4, -0.2) is 6.16 Å². The predicted octanol–water partition coefficient (Wildman–Crippen LogP) is 9.29. The Morgan fingerprint density at radius 3 is 1.69 bits per heavy atom. The molecule has 2 rings (SSSR count). The second-order valence-electron chi connectivity index (χ2n) is 8.72. The lowest BCUT2D eigenvalue weighted by Crippen LogP contribution is -2.14. The van der Waals surface area contributed by atoms with E-state index in [2.05, 4.69) is 6.92 Å². The molecule has 3 nitrogen and oxygen atoms in total. The van der Waals surface area contributed by atoms with Gasteiger partial charge in [0.25, 0.3) is 0 Å². The molecule has 176 valence electrons. The van der Waals surface area contributed by atoms with Crippen LogP contribution < -0.4 is 9.47 Å². The van der Waals surface area contributed by atoms with Gasteiger partial charge in [-0.25, -0.2) is 4.79 Å². The van der Waals surface area contributed by atoms with Crippen LogP contribution >= 0.6 is 0 Å². The van der Waals surface area contributed by atoms with Crippen LogP contribution in [0.5, 0.6) is 11.5 Å². The summed E-state index contributed by atoms with van der Waals surface area (Å²) in [5.41, 5.74) is 1.07. The van der Waals surface area contributed by atoms with E-state index < -0.39 is 6.16 Å². The van der Waals surface area contributed by atoms with E-state index in [0.717, 1.165) is 18.4 Å². The quantitative estimate of drug-likeness (QED) is 0.140. The lowest BCUT2D eigenvalue weighted by molar-refractivity contribution is 0.151. The van der Waals surface area contributed by atoms with Crippen molar-refractivity contribution in [3.8, 4) is 11.5 Å². The number of benzene rings is 2. The standard InChI is InChI=1S/C29H42O3/c1-2-3-4-5-6-7-8-9-10-11-12-13-14-16-21-26-22-19-20-25-28(26)32-29(30)31-27-23-17-15-18-24-27/h15,17-20,22-25H,2-14,16,21H2,1H3. The number of unbranched alkanes of at least 4 members (excludes halogenated alkanes) is 13. The Bertz CT molecular complexity index is 726. The van der Waals surface area contributed by atoms with E-state index in [4.69, 9.17) is 9.47 Å². The second kappa shape index (κ2) is 17.3.